The monoisotopic (exact) mass is 261 g/mol. The van der Waals surface area contributed by atoms with Crippen molar-refractivity contribution in [3.05, 3.63) is 53.1 Å². The molecule has 1 heterocycles. The number of nitrogens with zero attached hydrogens (tertiary/aromatic N) is 1. The molecule has 0 aliphatic rings. The third-order valence-corrected chi connectivity index (χ3v) is 2.33. The molecule has 0 fully saturated rings. The Morgan fingerprint density at radius 3 is 1.89 bits per heavy atom. The van der Waals surface area contributed by atoms with E-state index in [1.54, 1.807) is 0 Å². The molecule has 7 heteroatoms. The largest absolute Gasteiger partial charge is 0.309 e. The van der Waals surface area contributed by atoms with Gasteiger partial charge in [-0.15, -0.1) is 0 Å². The summed E-state index contributed by atoms with van der Waals surface area (Å²) in [4.78, 5) is 10.6. The van der Waals surface area contributed by atoms with Gasteiger partial charge in [-0.25, -0.2) is 22.0 Å². The SMILES string of the molecule is O=Cc1cccn1-c1c(F)c(F)c(F)c(F)c1F. The van der Waals surface area contributed by atoms with E-state index in [9.17, 15) is 26.7 Å². The number of hydrogen-bond donors (Lipinski definition) is 0. The topological polar surface area (TPSA) is 22.0 Å². The van der Waals surface area contributed by atoms with Gasteiger partial charge in [-0.05, 0) is 12.1 Å². The highest BCUT2D eigenvalue weighted by molar-refractivity contribution is 5.73. The Hall–Kier alpha value is -2.18. The maximum atomic E-state index is 13.4. The maximum absolute atomic E-state index is 13.4. The van der Waals surface area contributed by atoms with E-state index in [2.05, 4.69) is 0 Å². The lowest BCUT2D eigenvalue weighted by atomic mass is 10.2. The van der Waals surface area contributed by atoms with Gasteiger partial charge in [-0.2, -0.15) is 0 Å². The predicted octanol–water partition coefficient (Wildman–Crippen LogP) is 2.99. The molecule has 0 aliphatic heterocycles. The number of aldehydes is 1. The van der Waals surface area contributed by atoms with Crippen molar-refractivity contribution in [2.75, 3.05) is 0 Å². The molecular weight excluding hydrogens is 257 g/mol. The third-order valence-electron chi connectivity index (χ3n) is 2.33. The van der Waals surface area contributed by atoms with Crippen molar-refractivity contribution in [2.24, 2.45) is 0 Å². The molecular formula is C11H4F5NO. The van der Waals surface area contributed by atoms with E-state index < -0.39 is 34.8 Å². The van der Waals surface area contributed by atoms with Crippen LogP contribution in [0.1, 0.15) is 10.5 Å². The van der Waals surface area contributed by atoms with Gasteiger partial charge < -0.3 is 4.57 Å². The minimum Gasteiger partial charge on any atom is -0.309 e. The third kappa shape index (κ3) is 1.59. The summed E-state index contributed by atoms with van der Waals surface area (Å²) in [6.45, 7) is 0. The van der Waals surface area contributed by atoms with Gasteiger partial charge >= 0.3 is 0 Å². The van der Waals surface area contributed by atoms with Gasteiger partial charge in [0.05, 0.1) is 5.69 Å². The minimum absolute atomic E-state index is 0.234. The fourth-order valence-corrected chi connectivity index (χ4v) is 1.50. The highest BCUT2D eigenvalue weighted by Crippen LogP contribution is 2.26. The van der Waals surface area contributed by atoms with Gasteiger partial charge in [0, 0.05) is 6.20 Å². The van der Waals surface area contributed by atoms with Crippen molar-refractivity contribution in [1.29, 1.82) is 0 Å². The molecule has 0 saturated carbocycles. The average Bonchev–Trinajstić information content (AvgIpc) is 2.82. The van der Waals surface area contributed by atoms with Crippen molar-refractivity contribution in [3.63, 3.8) is 0 Å². The van der Waals surface area contributed by atoms with Crippen LogP contribution in [0, 0.1) is 29.1 Å². The first-order valence-electron chi connectivity index (χ1n) is 4.63. The molecule has 1 aromatic heterocycles. The normalized spacial score (nSPS) is 10.7. The van der Waals surface area contributed by atoms with Gasteiger partial charge in [0.25, 0.3) is 0 Å². The molecule has 0 saturated heterocycles. The Labute approximate surface area is 97.3 Å². The lowest BCUT2D eigenvalue weighted by Crippen LogP contribution is -2.10. The van der Waals surface area contributed by atoms with E-state index in [4.69, 9.17) is 0 Å². The average molecular weight is 261 g/mol. The molecule has 0 atom stereocenters. The summed E-state index contributed by atoms with van der Waals surface area (Å²) < 4.78 is 66.2. The number of halogens is 5. The van der Waals surface area contributed by atoms with Crippen molar-refractivity contribution >= 4 is 6.29 Å². The summed E-state index contributed by atoms with van der Waals surface area (Å²) >= 11 is 0. The van der Waals surface area contributed by atoms with Crippen LogP contribution in [-0.4, -0.2) is 10.9 Å². The van der Waals surface area contributed by atoms with E-state index in [1.165, 1.54) is 12.1 Å². The zero-order valence-corrected chi connectivity index (χ0v) is 8.55. The standard InChI is InChI=1S/C11H4F5NO/c12-6-7(13)9(15)11(10(16)8(6)14)17-3-1-2-5(17)4-18/h1-4H. The van der Waals surface area contributed by atoms with Gasteiger partial charge in [-0.1, -0.05) is 0 Å². The second kappa shape index (κ2) is 4.25. The molecule has 0 N–H and O–H groups in total. The van der Waals surface area contributed by atoms with E-state index in [-0.39, 0.29) is 12.0 Å². The van der Waals surface area contributed by atoms with E-state index in [0.29, 0.717) is 4.57 Å². The molecule has 2 rings (SSSR count). The number of benzene rings is 1. The molecule has 1 aromatic carbocycles. The Morgan fingerprint density at radius 2 is 1.39 bits per heavy atom. The van der Waals surface area contributed by atoms with Crippen molar-refractivity contribution in [3.8, 4) is 5.69 Å². The molecule has 2 nitrogen and oxygen atoms in total. The summed E-state index contributed by atoms with van der Waals surface area (Å²) in [5, 5.41) is 0. The highest BCUT2D eigenvalue weighted by Gasteiger charge is 2.27. The van der Waals surface area contributed by atoms with E-state index >= 15 is 0 Å². The summed E-state index contributed by atoms with van der Waals surface area (Å²) in [6.07, 6.45) is 1.25. The molecule has 0 radical (unpaired) electrons. The fraction of sp³-hybridized carbons (Fsp3) is 0. The summed E-state index contributed by atoms with van der Waals surface area (Å²) in [6, 6.07) is 2.41. The van der Waals surface area contributed by atoms with Crippen molar-refractivity contribution < 1.29 is 26.7 Å². The number of rotatable bonds is 2. The van der Waals surface area contributed by atoms with Crippen molar-refractivity contribution in [2.45, 2.75) is 0 Å². The van der Waals surface area contributed by atoms with E-state index in [0.717, 1.165) is 6.20 Å². The Kier molecular flexibility index (Phi) is 2.90. The zero-order valence-electron chi connectivity index (χ0n) is 8.55. The first-order chi connectivity index (χ1) is 8.49. The molecule has 18 heavy (non-hydrogen) atoms. The van der Waals surface area contributed by atoms with E-state index in [1.807, 2.05) is 0 Å². The number of hydrogen-bond acceptors (Lipinski definition) is 1. The quantitative estimate of drug-likeness (QED) is 0.352. The van der Waals surface area contributed by atoms with Crippen LogP contribution in [0.25, 0.3) is 5.69 Å². The van der Waals surface area contributed by atoms with Crippen LogP contribution in [0.15, 0.2) is 18.3 Å². The molecule has 0 spiro atoms. The molecule has 2 aromatic rings. The number of aromatic nitrogens is 1. The molecule has 0 aliphatic carbocycles. The van der Waals surface area contributed by atoms with Crippen LogP contribution in [0.5, 0.6) is 0 Å². The van der Waals surface area contributed by atoms with Gasteiger partial charge in [0.15, 0.2) is 29.6 Å². The molecule has 0 unspecified atom stereocenters. The smallest absolute Gasteiger partial charge is 0.200 e. The predicted molar refractivity (Wildman–Crippen MR) is 50.9 cm³/mol. The van der Waals surface area contributed by atoms with Gasteiger partial charge in [0.1, 0.15) is 5.69 Å². The van der Waals surface area contributed by atoms with Gasteiger partial charge in [0.2, 0.25) is 5.82 Å². The highest BCUT2D eigenvalue weighted by atomic mass is 19.2. The summed E-state index contributed by atoms with van der Waals surface area (Å²) in [7, 11) is 0. The Morgan fingerprint density at radius 1 is 0.889 bits per heavy atom. The maximum Gasteiger partial charge on any atom is 0.200 e. The summed E-state index contributed by atoms with van der Waals surface area (Å²) in [5.41, 5.74) is -1.42. The Bertz CT molecular complexity index is 606. The summed E-state index contributed by atoms with van der Waals surface area (Å²) in [5.74, 6) is -10.4. The van der Waals surface area contributed by atoms with Gasteiger partial charge in [-0.3, -0.25) is 4.79 Å². The lowest BCUT2D eigenvalue weighted by Gasteiger charge is -2.10. The minimum atomic E-state index is -2.24. The second-order valence-electron chi connectivity index (χ2n) is 3.34. The van der Waals surface area contributed by atoms with Crippen LogP contribution in [0.4, 0.5) is 22.0 Å². The zero-order chi connectivity index (χ0) is 13.4. The molecule has 94 valence electrons. The fourth-order valence-electron chi connectivity index (χ4n) is 1.50. The number of carbonyl (C=O) groups is 1. The van der Waals surface area contributed by atoms with Crippen LogP contribution < -0.4 is 0 Å². The van der Waals surface area contributed by atoms with Crippen LogP contribution in [0.3, 0.4) is 0 Å². The molecule has 0 bridgehead atoms. The second-order valence-corrected chi connectivity index (χ2v) is 3.34. The Balaban J connectivity index is 2.84. The first-order valence-corrected chi connectivity index (χ1v) is 4.63. The van der Waals surface area contributed by atoms with Crippen LogP contribution in [-0.2, 0) is 0 Å². The van der Waals surface area contributed by atoms with Crippen LogP contribution in [0.2, 0.25) is 0 Å². The first kappa shape index (κ1) is 12.3. The van der Waals surface area contributed by atoms with Crippen molar-refractivity contribution in [1.82, 2.24) is 4.57 Å². The molecule has 0 amide bonds. The lowest BCUT2D eigenvalue weighted by molar-refractivity contribution is 0.111. The number of carbonyl (C=O) groups excluding carboxylic acids is 1. The van der Waals surface area contributed by atoms with Crippen LogP contribution >= 0.6 is 0 Å².